The third-order valence-corrected chi connectivity index (χ3v) is 11.3. The molecular formula is C25H26F3N3O5S3. The van der Waals surface area contributed by atoms with Crippen molar-refractivity contribution in [2.45, 2.75) is 46.3 Å². The SMILES string of the molecule is NC(=O)c1ccccc1Cc1ccc(S(=O)(=O)N2CCCC(Nc3cccc(S(=O)(=O)C(F)(F)F)c3)CC2)s1. The molecule has 2 aromatic carbocycles. The van der Waals surface area contributed by atoms with Gasteiger partial charge in [0.2, 0.25) is 5.91 Å². The Kier molecular flexibility index (Phi) is 8.40. The molecule has 3 N–H and O–H groups in total. The van der Waals surface area contributed by atoms with Crippen LogP contribution in [0.1, 0.15) is 40.1 Å². The molecule has 210 valence electrons. The van der Waals surface area contributed by atoms with E-state index in [-0.39, 0.29) is 29.0 Å². The van der Waals surface area contributed by atoms with Crippen molar-refractivity contribution in [3.63, 3.8) is 0 Å². The number of thiophene rings is 1. The van der Waals surface area contributed by atoms with Crippen LogP contribution in [0.3, 0.4) is 0 Å². The zero-order valence-corrected chi connectivity index (χ0v) is 23.0. The number of anilines is 1. The van der Waals surface area contributed by atoms with Gasteiger partial charge in [0.25, 0.3) is 19.9 Å². The summed E-state index contributed by atoms with van der Waals surface area (Å²) in [4.78, 5) is 11.6. The second kappa shape index (κ2) is 11.3. The number of hydrogen-bond acceptors (Lipinski definition) is 7. The van der Waals surface area contributed by atoms with Crippen molar-refractivity contribution in [2.24, 2.45) is 5.73 Å². The molecule has 0 saturated carbocycles. The summed E-state index contributed by atoms with van der Waals surface area (Å²) in [6, 6.07) is 14.4. The van der Waals surface area contributed by atoms with Gasteiger partial charge in [-0.25, -0.2) is 16.8 Å². The molecule has 1 fully saturated rings. The Labute approximate surface area is 228 Å². The molecular weight excluding hydrogens is 575 g/mol. The first-order chi connectivity index (χ1) is 18.3. The van der Waals surface area contributed by atoms with Crippen LogP contribution in [0.2, 0.25) is 0 Å². The number of sulfone groups is 1. The molecule has 0 radical (unpaired) electrons. The number of carbonyl (C=O) groups is 1. The number of hydrogen-bond donors (Lipinski definition) is 2. The molecule has 0 spiro atoms. The Morgan fingerprint density at radius 2 is 1.74 bits per heavy atom. The Morgan fingerprint density at radius 3 is 2.46 bits per heavy atom. The van der Waals surface area contributed by atoms with Crippen LogP contribution in [0.5, 0.6) is 0 Å². The Bertz CT molecular complexity index is 1570. The topological polar surface area (TPSA) is 127 Å². The first-order valence-electron chi connectivity index (χ1n) is 11.9. The van der Waals surface area contributed by atoms with Gasteiger partial charge < -0.3 is 11.1 Å². The molecule has 1 aliphatic heterocycles. The fourth-order valence-corrected chi connectivity index (χ4v) is 8.23. The first-order valence-corrected chi connectivity index (χ1v) is 15.7. The van der Waals surface area contributed by atoms with E-state index in [2.05, 4.69) is 5.32 Å². The maximum atomic E-state index is 13.4. The van der Waals surface area contributed by atoms with E-state index < -0.39 is 36.2 Å². The van der Waals surface area contributed by atoms with Gasteiger partial charge in [-0.1, -0.05) is 24.3 Å². The highest BCUT2D eigenvalue weighted by Gasteiger charge is 2.47. The second-order valence-corrected chi connectivity index (χ2v) is 14.3. The number of nitrogens with one attached hydrogen (secondary N) is 1. The molecule has 39 heavy (non-hydrogen) atoms. The predicted molar refractivity (Wildman–Crippen MR) is 142 cm³/mol. The largest absolute Gasteiger partial charge is 0.501 e. The van der Waals surface area contributed by atoms with Crippen molar-refractivity contribution < 1.29 is 34.8 Å². The van der Waals surface area contributed by atoms with E-state index in [1.807, 2.05) is 0 Å². The molecule has 1 saturated heterocycles. The normalized spacial score (nSPS) is 17.5. The van der Waals surface area contributed by atoms with E-state index in [1.165, 1.54) is 22.5 Å². The smallest absolute Gasteiger partial charge is 0.382 e. The van der Waals surface area contributed by atoms with Gasteiger partial charge in [-0.3, -0.25) is 4.79 Å². The summed E-state index contributed by atoms with van der Waals surface area (Å²) in [7, 11) is -9.27. The third-order valence-electron chi connectivity index (χ3n) is 6.39. The van der Waals surface area contributed by atoms with Gasteiger partial charge in [-0.15, -0.1) is 11.3 Å². The monoisotopic (exact) mass is 601 g/mol. The molecule has 1 unspecified atom stereocenters. The van der Waals surface area contributed by atoms with Gasteiger partial charge in [0.05, 0.1) is 4.90 Å². The third kappa shape index (κ3) is 6.45. The summed E-state index contributed by atoms with van der Waals surface area (Å²) in [5.41, 5.74) is 1.32. The molecule has 3 aromatic rings. The number of rotatable bonds is 8. The first kappa shape index (κ1) is 29.1. The van der Waals surface area contributed by atoms with Gasteiger partial charge in [0, 0.05) is 41.7 Å². The Hall–Kier alpha value is -2.94. The van der Waals surface area contributed by atoms with Crippen LogP contribution in [0, 0.1) is 0 Å². The van der Waals surface area contributed by atoms with Crippen LogP contribution in [-0.2, 0) is 26.3 Å². The lowest BCUT2D eigenvalue weighted by atomic mass is 10.0. The van der Waals surface area contributed by atoms with Crippen molar-refractivity contribution in [3.05, 3.63) is 76.7 Å². The molecule has 1 atom stereocenters. The van der Waals surface area contributed by atoms with Crippen molar-refractivity contribution in [1.29, 1.82) is 0 Å². The standard InChI is InChI=1S/C25H26F3N3O5S3/c26-25(27,28)38(33,34)21-8-3-6-19(16-21)30-18-7-4-13-31(14-12-18)39(35,36)23-11-10-20(37-23)15-17-5-1-2-9-22(17)24(29)32/h1-3,5-6,8-11,16,18,30H,4,7,12-15H2,(H2,29,32). The summed E-state index contributed by atoms with van der Waals surface area (Å²) in [5.74, 6) is -0.559. The van der Waals surface area contributed by atoms with Gasteiger partial charge in [0.1, 0.15) is 4.21 Å². The molecule has 1 aliphatic rings. The Morgan fingerprint density at radius 1 is 1.00 bits per heavy atom. The van der Waals surface area contributed by atoms with Gasteiger partial charge >= 0.3 is 5.51 Å². The Balaban J connectivity index is 1.43. The average Bonchev–Trinajstić information content (AvgIpc) is 3.22. The summed E-state index contributed by atoms with van der Waals surface area (Å²) in [5, 5.41) is 3.05. The van der Waals surface area contributed by atoms with Gasteiger partial charge in [-0.05, 0) is 61.2 Å². The second-order valence-electron chi connectivity index (χ2n) is 9.07. The molecule has 4 rings (SSSR count). The quantitative estimate of drug-likeness (QED) is 0.395. The van der Waals surface area contributed by atoms with E-state index >= 15 is 0 Å². The molecule has 2 heterocycles. The van der Waals surface area contributed by atoms with Crippen molar-refractivity contribution in [2.75, 3.05) is 18.4 Å². The number of primary amides is 1. The molecule has 0 bridgehead atoms. The highest BCUT2D eigenvalue weighted by molar-refractivity contribution is 7.92. The summed E-state index contributed by atoms with van der Waals surface area (Å²) in [6.45, 7) is 0.443. The number of amides is 1. The minimum atomic E-state index is -5.48. The molecule has 8 nitrogen and oxygen atoms in total. The molecule has 1 aromatic heterocycles. The lowest BCUT2D eigenvalue weighted by Crippen LogP contribution is -2.32. The number of alkyl halides is 3. The number of halogens is 3. The highest BCUT2D eigenvalue weighted by Crippen LogP contribution is 2.32. The fourth-order valence-electron chi connectivity index (χ4n) is 4.40. The van der Waals surface area contributed by atoms with Crippen molar-refractivity contribution in [3.8, 4) is 0 Å². The minimum absolute atomic E-state index is 0.172. The zero-order chi connectivity index (χ0) is 28.4. The van der Waals surface area contributed by atoms with E-state index in [1.54, 1.807) is 30.3 Å². The van der Waals surface area contributed by atoms with E-state index in [4.69, 9.17) is 5.73 Å². The average molecular weight is 602 g/mol. The van der Waals surface area contributed by atoms with Crippen LogP contribution in [0.25, 0.3) is 0 Å². The van der Waals surface area contributed by atoms with Crippen LogP contribution in [0.15, 0.2) is 69.8 Å². The zero-order valence-electron chi connectivity index (χ0n) is 20.5. The van der Waals surface area contributed by atoms with Crippen LogP contribution < -0.4 is 11.1 Å². The number of nitrogens with zero attached hydrogens (tertiary/aromatic N) is 1. The van der Waals surface area contributed by atoms with Crippen molar-refractivity contribution >= 4 is 42.8 Å². The van der Waals surface area contributed by atoms with Crippen LogP contribution in [0.4, 0.5) is 18.9 Å². The number of carbonyl (C=O) groups excluding carboxylic acids is 1. The van der Waals surface area contributed by atoms with E-state index in [0.29, 0.717) is 36.8 Å². The fraction of sp³-hybridized carbons (Fsp3) is 0.320. The van der Waals surface area contributed by atoms with Gasteiger partial charge in [-0.2, -0.15) is 17.5 Å². The summed E-state index contributed by atoms with van der Waals surface area (Å²) in [6.07, 6.45) is 1.78. The molecule has 14 heteroatoms. The van der Waals surface area contributed by atoms with Gasteiger partial charge in [0.15, 0.2) is 0 Å². The van der Waals surface area contributed by atoms with E-state index in [9.17, 15) is 34.8 Å². The van der Waals surface area contributed by atoms with Crippen molar-refractivity contribution in [1.82, 2.24) is 4.31 Å². The van der Waals surface area contributed by atoms with Crippen LogP contribution >= 0.6 is 11.3 Å². The predicted octanol–water partition coefficient (Wildman–Crippen LogP) is 4.39. The lowest BCUT2D eigenvalue weighted by molar-refractivity contribution is -0.0436. The summed E-state index contributed by atoms with van der Waals surface area (Å²) >= 11 is 1.12. The number of sulfonamides is 1. The number of benzene rings is 2. The summed E-state index contributed by atoms with van der Waals surface area (Å²) < 4.78 is 90.6. The maximum absolute atomic E-state index is 13.4. The lowest BCUT2D eigenvalue weighted by Gasteiger charge is -2.20. The van der Waals surface area contributed by atoms with E-state index in [0.717, 1.165) is 28.3 Å². The van der Waals surface area contributed by atoms with Crippen LogP contribution in [-0.4, -0.2) is 51.7 Å². The maximum Gasteiger partial charge on any atom is 0.501 e. The minimum Gasteiger partial charge on any atom is -0.382 e. The molecule has 0 aliphatic carbocycles. The highest BCUT2D eigenvalue weighted by atomic mass is 32.2. The molecule has 1 amide bonds. The number of nitrogens with two attached hydrogens (primary N) is 1.